The smallest absolute Gasteiger partial charge is 0.310 e. The molecule has 24 heavy (non-hydrogen) atoms. The molecule has 0 aliphatic carbocycles. The number of nitro benzene ring substituents is 1. The topological polar surface area (TPSA) is 102 Å². The van der Waals surface area contributed by atoms with Gasteiger partial charge in [0.2, 0.25) is 0 Å². The fraction of sp³-hybridized carbons (Fsp3) is 0.647. The number of ether oxygens (including phenoxy) is 2. The molecule has 0 radical (unpaired) electrons. The van der Waals surface area contributed by atoms with E-state index in [1.165, 1.54) is 6.07 Å². The molecule has 0 bridgehead atoms. The summed E-state index contributed by atoms with van der Waals surface area (Å²) in [4.78, 5) is 10.4. The summed E-state index contributed by atoms with van der Waals surface area (Å²) < 4.78 is 10.9. The molecule has 0 spiro atoms. The van der Waals surface area contributed by atoms with E-state index in [0.717, 1.165) is 25.7 Å². The Hall–Kier alpha value is -1.70. The van der Waals surface area contributed by atoms with Crippen molar-refractivity contribution in [2.24, 2.45) is 5.41 Å². The molecule has 0 saturated heterocycles. The van der Waals surface area contributed by atoms with Crippen LogP contribution in [-0.4, -0.2) is 48.2 Å². The van der Waals surface area contributed by atoms with Gasteiger partial charge in [-0.3, -0.25) is 10.1 Å². The molecule has 0 unspecified atom stereocenters. The fourth-order valence-corrected chi connectivity index (χ4v) is 2.03. The fourth-order valence-electron chi connectivity index (χ4n) is 2.03. The molecule has 0 fully saturated rings. The number of hydrogen-bond acceptors (Lipinski definition) is 6. The van der Waals surface area contributed by atoms with Crippen LogP contribution in [-0.2, 0) is 4.74 Å². The highest BCUT2D eigenvalue weighted by Crippen LogP contribution is 2.25. The largest absolute Gasteiger partial charge is 0.487 e. The van der Waals surface area contributed by atoms with E-state index >= 15 is 0 Å². The van der Waals surface area contributed by atoms with E-state index in [4.69, 9.17) is 19.7 Å². The molecule has 136 valence electrons. The molecular formula is C17H27NO6. The van der Waals surface area contributed by atoms with Crippen LogP contribution in [0.2, 0.25) is 0 Å². The highest BCUT2D eigenvalue weighted by Gasteiger charge is 2.22. The second kappa shape index (κ2) is 11.0. The number of benzene rings is 1. The van der Waals surface area contributed by atoms with E-state index in [2.05, 4.69) is 0 Å². The predicted octanol–water partition coefficient (Wildman–Crippen LogP) is 2.54. The van der Waals surface area contributed by atoms with Crippen molar-refractivity contribution in [3.63, 3.8) is 0 Å². The van der Waals surface area contributed by atoms with Crippen LogP contribution in [0, 0.1) is 15.5 Å². The van der Waals surface area contributed by atoms with Crippen LogP contribution >= 0.6 is 0 Å². The highest BCUT2D eigenvalue weighted by atomic mass is 16.6. The number of nitro groups is 1. The van der Waals surface area contributed by atoms with Gasteiger partial charge in [-0.15, -0.1) is 0 Å². The van der Waals surface area contributed by atoms with E-state index in [9.17, 15) is 10.1 Å². The Morgan fingerprint density at radius 2 is 1.71 bits per heavy atom. The van der Waals surface area contributed by atoms with Gasteiger partial charge in [0.15, 0.2) is 5.75 Å². The van der Waals surface area contributed by atoms with Crippen molar-refractivity contribution < 1.29 is 24.6 Å². The van der Waals surface area contributed by atoms with Gasteiger partial charge < -0.3 is 19.7 Å². The monoisotopic (exact) mass is 341 g/mol. The number of nitrogens with zero attached hydrogens (tertiary/aromatic N) is 1. The lowest BCUT2D eigenvalue weighted by atomic mass is 9.95. The Morgan fingerprint density at radius 3 is 2.33 bits per heavy atom. The van der Waals surface area contributed by atoms with Gasteiger partial charge in [0, 0.05) is 18.1 Å². The second-order valence-corrected chi connectivity index (χ2v) is 6.17. The van der Waals surface area contributed by atoms with Crippen molar-refractivity contribution >= 4 is 5.69 Å². The Labute approximate surface area is 142 Å². The molecule has 0 saturated carbocycles. The van der Waals surface area contributed by atoms with Gasteiger partial charge >= 0.3 is 5.69 Å². The molecule has 1 aromatic rings. The van der Waals surface area contributed by atoms with Crippen molar-refractivity contribution in [2.75, 3.05) is 33.0 Å². The third-order valence-corrected chi connectivity index (χ3v) is 3.72. The third kappa shape index (κ3) is 7.25. The highest BCUT2D eigenvalue weighted by molar-refractivity contribution is 5.45. The Morgan fingerprint density at radius 1 is 1.08 bits per heavy atom. The lowest BCUT2D eigenvalue weighted by Gasteiger charge is -2.24. The molecule has 0 aromatic heterocycles. The van der Waals surface area contributed by atoms with E-state index in [1.807, 2.05) is 0 Å². The zero-order chi connectivity index (χ0) is 17.8. The van der Waals surface area contributed by atoms with E-state index in [1.54, 1.807) is 25.1 Å². The van der Waals surface area contributed by atoms with Crippen LogP contribution in [0.25, 0.3) is 0 Å². The normalized spacial score (nSPS) is 11.5. The number of rotatable bonds is 13. The number of para-hydroxylation sites is 2. The minimum absolute atomic E-state index is 0.0123. The first-order chi connectivity index (χ1) is 11.5. The zero-order valence-electron chi connectivity index (χ0n) is 14.1. The van der Waals surface area contributed by atoms with E-state index < -0.39 is 10.3 Å². The van der Waals surface area contributed by atoms with Gasteiger partial charge in [0.25, 0.3) is 0 Å². The average molecular weight is 341 g/mol. The molecule has 1 rings (SSSR count). The van der Waals surface area contributed by atoms with E-state index in [-0.39, 0.29) is 18.9 Å². The Balaban J connectivity index is 2.08. The lowest BCUT2D eigenvalue weighted by molar-refractivity contribution is -0.385. The first-order valence-electron chi connectivity index (χ1n) is 8.18. The SMILES string of the molecule is CC(CO)(CO)COCCCCCCOc1ccccc1[N+](=O)[O-]. The molecule has 0 atom stereocenters. The maximum Gasteiger partial charge on any atom is 0.310 e. The second-order valence-electron chi connectivity index (χ2n) is 6.17. The van der Waals surface area contributed by atoms with Crippen molar-refractivity contribution in [2.45, 2.75) is 32.6 Å². The van der Waals surface area contributed by atoms with Crippen LogP contribution < -0.4 is 4.74 Å². The van der Waals surface area contributed by atoms with Gasteiger partial charge in [0.1, 0.15) is 0 Å². The van der Waals surface area contributed by atoms with Gasteiger partial charge in [-0.2, -0.15) is 0 Å². The quantitative estimate of drug-likeness (QED) is 0.325. The predicted molar refractivity (Wildman–Crippen MR) is 90.2 cm³/mol. The van der Waals surface area contributed by atoms with Crippen molar-refractivity contribution in [3.8, 4) is 5.75 Å². The number of hydrogen-bond donors (Lipinski definition) is 2. The Bertz CT molecular complexity index is 490. The summed E-state index contributed by atoms with van der Waals surface area (Å²) in [6, 6.07) is 6.36. The Kier molecular flexibility index (Phi) is 9.29. The third-order valence-electron chi connectivity index (χ3n) is 3.72. The van der Waals surface area contributed by atoms with Crippen molar-refractivity contribution in [1.29, 1.82) is 0 Å². The molecule has 7 nitrogen and oxygen atoms in total. The molecule has 2 N–H and O–H groups in total. The molecule has 0 amide bonds. The minimum Gasteiger partial charge on any atom is -0.487 e. The van der Waals surface area contributed by atoms with Crippen LogP contribution in [0.15, 0.2) is 24.3 Å². The summed E-state index contributed by atoms with van der Waals surface area (Å²) in [5, 5.41) is 29.1. The summed E-state index contributed by atoms with van der Waals surface area (Å²) in [5.74, 6) is 0.304. The minimum atomic E-state index is -0.585. The average Bonchev–Trinajstić information content (AvgIpc) is 2.60. The molecule has 7 heteroatoms. The maximum atomic E-state index is 10.9. The zero-order valence-corrected chi connectivity index (χ0v) is 14.1. The summed E-state index contributed by atoms with van der Waals surface area (Å²) in [7, 11) is 0. The van der Waals surface area contributed by atoms with Crippen LogP contribution in [0.4, 0.5) is 5.69 Å². The van der Waals surface area contributed by atoms with E-state index in [0.29, 0.717) is 25.6 Å². The van der Waals surface area contributed by atoms with Gasteiger partial charge in [-0.05, 0) is 25.3 Å². The van der Waals surface area contributed by atoms with Gasteiger partial charge in [-0.1, -0.05) is 25.5 Å². The molecule has 0 heterocycles. The summed E-state index contributed by atoms with van der Waals surface area (Å²) in [6.45, 7) is 2.92. The molecular weight excluding hydrogens is 314 g/mol. The molecule has 0 aliphatic rings. The summed E-state index contributed by atoms with van der Waals surface area (Å²) in [6.07, 6.45) is 3.62. The molecule has 0 aliphatic heterocycles. The first-order valence-corrected chi connectivity index (χ1v) is 8.18. The van der Waals surface area contributed by atoms with Crippen LogP contribution in [0.1, 0.15) is 32.6 Å². The number of aliphatic hydroxyl groups excluding tert-OH is 2. The summed E-state index contributed by atoms with van der Waals surface area (Å²) in [5.41, 5.74) is -0.597. The maximum absolute atomic E-state index is 10.9. The first kappa shape index (κ1) is 20.3. The number of unbranched alkanes of at least 4 members (excludes halogenated alkanes) is 3. The van der Waals surface area contributed by atoms with Gasteiger partial charge in [0.05, 0.1) is 31.4 Å². The van der Waals surface area contributed by atoms with Gasteiger partial charge in [-0.25, -0.2) is 0 Å². The van der Waals surface area contributed by atoms with Crippen molar-refractivity contribution in [1.82, 2.24) is 0 Å². The number of aliphatic hydroxyl groups is 2. The standard InChI is InChI=1S/C17H27NO6/c1-17(12-19,13-20)14-23-10-6-2-3-7-11-24-16-9-5-4-8-15(16)18(21)22/h4-5,8-9,19-20H,2-3,6-7,10-14H2,1H3. The van der Waals surface area contributed by atoms with Crippen LogP contribution in [0.3, 0.4) is 0 Å². The van der Waals surface area contributed by atoms with Crippen molar-refractivity contribution in [3.05, 3.63) is 34.4 Å². The van der Waals surface area contributed by atoms with Crippen LogP contribution in [0.5, 0.6) is 5.75 Å². The molecule has 1 aromatic carbocycles. The lowest BCUT2D eigenvalue weighted by Crippen LogP contribution is -2.31. The summed E-state index contributed by atoms with van der Waals surface area (Å²) >= 11 is 0.